The van der Waals surface area contributed by atoms with Crippen LogP contribution >= 0.6 is 0 Å². The summed E-state index contributed by atoms with van der Waals surface area (Å²) in [4.78, 5) is 14.3. The molecule has 0 aliphatic heterocycles. The highest BCUT2D eigenvalue weighted by atomic mass is 16.2. The van der Waals surface area contributed by atoms with Gasteiger partial charge in [0.15, 0.2) is 0 Å². The van der Waals surface area contributed by atoms with Gasteiger partial charge in [-0.2, -0.15) is 0 Å². The molecule has 116 valence electrons. The summed E-state index contributed by atoms with van der Waals surface area (Å²) >= 11 is 0. The zero-order valence-electron chi connectivity index (χ0n) is 13.8. The highest BCUT2D eigenvalue weighted by Gasteiger charge is 2.12. The van der Waals surface area contributed by atoms with Crippen LogP contribution in [0.5, 0.6) is 0 Å². The smallest absolute Gasteiger partial charge is 0.222 e. The number of carbonyl (C=O) groups is 1. The summed E-state index contributed by atoms with van der Waals surface area (Å²) in [5, 5.41) is 0. The van der Waals surface area contributed by atoms with E-state index in [1.54, 1.807) is 0 Å². The lowest BCUT2D eigenvalue weighted by atomic mass is 9.99. The quantitative estimate of drug-likeness (QED) is 0.332. The van der Waals surface area contributed by atoms with Gasteiger partial charge in [-0.25, -0.2) is 0 Å². The maximum absolute atomic E-state index is 12.2. The van der Waals surface area contributed by atoms with Gasteiger partial charge in [0, 0.05) is 19.5 Å². The monoisotopic (exact) mass is 279 g/mol. The third-order valence-corrected chi connectivity index (χ3v) is 3.76. The molecule has 0 saturated heterocycles. The molecule has 0 unspecified atom stereocenters. The van der Waals surface area contributed by atoms with Crippen molar-refractivity contribution < 1.29 is 4.79 Å². The molecule has 0 aromatic heterocycles. The molecule has 0 fully saturated rings. The van der Waals surface area contributed by atoms with E-state index in [1.165, 1.54) is 38.5 Å². The number of hydrogen-bond donors (Lipinski definition) is 0. The van der Waals surface area contributed by atoms with E-state index >= 15 is 0 Å². The first-order chi connectivity index (χ1) is 9.76. The van der Waals surface area contributed by atoms with Gasteiger partial charge in [-0.15, -0.1) is 0 Å². The van der Waals surface area contributed by atoms with Crippen LogP contribution in [0.4, 0.5) is 0 Å². The van der Waals surface area contributed by atoms with Crippen molar-refractivity contribution in [3.05, 3.63) is 0 Å². The van der Waals surface area contributed by atoms with Gasteiger partial charge in [0.1, 0.15) is 0 Å². The second-order valence-corrected chi connectivity index (χ2v) is 5.75. The normalized spacial score (nSPS) is 10.7. The van der Waals surface area contributed by atoms with E-state index in [1.807, 2.05) is 0 Å². The molecule has 0 heterocycles. The van der Waals surface area contributed by atoms with Gasteiger partial charge in [-0.3, -0.25) is 4.79 Å². The first-order valence-corrected chi connectivity index (χ1v) is 8.74. The lowest BCUT2D eigenvalue weighted by Gasteiger charge is -2.23. The van der Waals surface area contributed by atoms with E-state index in [9.17, 15) is 4.79 Å². The molecule has 20 heavy (non-hydrogen) atoms. The fraction of sp³-hybridized carbons (Fsp3) is 0.941. The molecule has 0 saturated carbocycles. The lowest BCUT2D eigenvalue weighted by Crippen LogP contribution is -2.32. The average Bonchev–Trinajstić information content (AvgIpc) is 2.45. The van der Waals surface area contributed by atoms with Crippen LogP contribution in [0.25, 0.3) is 0 Å². The molecule has 2 nitrogen and oxygen atoms in total. The van der Waals surface area contributed by atoms with Crippen LogP contribution in [0.3, 0.4) is 0 Å². The van der Waals surface area contributed by atoms with E-state index in [-0.39, 0.29) is 0 Å². The number of carbonyl (C=O) groups excluding carboxylic acids is 1. The Balaban J connectivity index is 3.98. The predicted molar refractivity (Wildman–Crippen MR) is 89.3 cm³/mol. The largest absolute Gasteiger partial charge is 0.343 e. The van der Waals surface area contributed by atoms with Crippen molar-refractivity contribution in [2.45, 2.75) is 90.8 Å². The van der Waals surface area contributed by atoms with Crippen LogP contribution in [0, 0.1) is 0 Å². The number of nitrogens with zero attached hydrogens (tertiary/aromatic N) is 1. The van der Waals surface area contributed by atoms with Crippen LogP contribution in [0.2, 0.25) is 6.32 Å². The minimum absolute atomic E-state index is 0.339. The lowest BCUT2D eigenvalue weighted by molar-refractivity contribution is -0.131. The second-order valence-electron chi connectivity index (χ2n) is 5.75. The fourth-order valence-electron chi connectivity index (χ4n) is 2.40. The minimum Gasteiger partial charge on any atom is -0.343 e. The zero-order chi connectivity index (χ0) is 15.1. The van der Waals surface area contributed by atoms with Crippen molar-refractivity contribution in [2.24, 2.45) is 0 Å². The van der Waals surface area contributed by atoms with Gasteiger partial charge in [-0.05, 0) is 19.3 Å². The molecule has 0 aromatic rings. The van der Waals surface area contributed by atoms with Crippen molar-refractivity contribution in [1.82, 2.24) is 4.90 Å². The van der Waals surface area contributed by atoms with Gasteiger partial charge >= 0.3 is 0 Å². The Morgan fingerprint density at radius 3 is 1.80 bits per heavy atom. The van der Waals surface area contributed by atoms with E-state index < -0.39 is 0 Å². The van der Waals surface area contributed by atoms with Crippen LogP contribution in [0.15, 0.2) is 0 Å². The number of rotatable bonds is 14. The predicted octanol–water partition coefficient (Wildman–Crippen LogP) is 4.73. The van der Waals surface area contributed by atoms with Crippen LogP contribution in [0.1, 0.15) is 84.5 Å². The summed E-state index contributed by atoms with van der Waals surface area (Å²) in [7, 11) is 5.49. The van der Waals surface area contributed by atoms with Gasteiger partial charge in [0.05, 0.1) is 7.85 Å². The molecule has 3 heteroatoms. The first kappa shape index (κ1) is 19.5. The van der Waals surface area contributed by atoms with Crippen LogP contribution < -0.4 is 0 Å². The maximum Gasteiger partial charge on any atom is 0.222 e. The Hall–Kier alpha value is -0.465. The SMILES string of the molecule is [B]CCCCC(=O)N(CCCCCC)CCCCCC. The van der Waals surface area contributed by atoms with Crippen molar-refractivity contribution in [1.29, 1.82) is 0 Å². The molecule has 2 radical (unpaired) electrons. The Morgan fingerprint density at radius 2 is 1.35 bits per heavy atom. The van der Waals surface area contributed by atoms with Gasteiger partial charge in [0.2, 0.25) is 5.91 Å². The molecular weight excluding hydrogens is 245 g/mol. The van der Waals surface area contributed by atoms with E-state index in [2.05, 4.69) is 18.7 Å². The van der Waals surface area contributed by atoms with Gasteiger partial charge < -0.3 is 4.90 Å². The third-order valence-electron chi connectivity index (χ3n) is 3.76. The van der Waals surface area contributed by atoms with Crippen molar-refractivity contribution in [3.63, 3.8) is 0 Å². The summed E-state index contributed by atoms with van der Waals surface area (Å²) in [6.07, 6.45) is 13.2. The highest BCUT2D eigenvalue weighted by Crippen LogP contribution is 2.09. The maximum atomic E-state index is 12.2. The fourth-order valence-corrected chi connectivity index (χ4v) is 2.40. The Labute approximate surface area is 128 Å². The topological polar surface area (TPSA) is 20.3 Å². The number of hydrogen-bond acceptors (Lipinski definition) is 1. The Kier molecular flexibility index (Phi) is 14.6. The molecule has 0 bridgehead atoms. The van der Waals surface area contributed by atoms with Gasteiger partial charge in [-0.1, -0.05) is 65.1 Å². The first-order valence-electron chi connectivity index (χ1n) is 8.74. The standard InChI is InChI=1S/C17H34BNO/c1-3-5-7-11-15-19(16-12-8-6-4-2)17(20)13-9-10-14-18/h3-16H2,1-2H3. The molecule has 0 spiro atoms. The molecule has 0 aromatic carbocycles. The Morgan fingerprint density at radius 1 is 0.800 bits per heavy atom. The summed E-state index contributed by atoms with van der Waals surface area (Å²) in [6.45, 7) is 6.35. The molecular formula is C17H34BNO. The van der Waals surface area contributed by atoms with Crippen molar-refractivity contribution >= 4 is 13.8 Å². The van der Waals surface area contributed by atoms with Crippen LogP contribution in [-0.4, -0.2) is 31.7 Å². The zero-order valence-corrected chi connectivity index (χ0v) is 13.8. The summed E-state index contributed by atoms with van der Waals surface area (Å²) < 4.78 is 0. The third kappa shape index (κ3) is 11.4. The molecule has 1 amide bonds. The highest BCUT2D eigenvalue weighted by molar-refractivity contribution is 6.08. The van der Waals surface area contributed by atoms with E-state index in [0.29, 0.717) is 18.6 Å². The van der Waals surface area contributed by atoms with E-state index in [0.717, 1.165) is 38.8 Å². The molecule has 0 atom stereocenters. The summed E-state index contributed by atoms with van der Waals surface area (Å²) in [6, 6.07) is 0. The van der Waals surface area contributed by atoms with Crippen molar-refractivity contribution in [2.75, 3.05) is 13.1 Å². The Bertz CT molecular complexity index is 209. The summed E-state index contributed by atoms with van der Waals surface area (Å²) in [5.41, 5.74) is 0. The molecule has 0 aliphatic rings. The van der Waals surface area contributed by atoms with E-state index in [4.69, 9.17) is 7.85 Å². The second kappa shape index (κ2) is 14.9. The molecule has 0 rings (SSSR count). The van der Waals surface area contributed by atoms with Gasteiger partial charge in [0.25, 0.3) is 0 Å². The number of unbranched alkanes of at least 4 members (excludes halogenated alkanes) is 7. The minimum atomic E-state index is 0.339. The average molecular weight is 279 g/mol. The summed E-state index contributed by atoms with van der Waals surface area (Å²) in [5.74, 6) is 0.339. The molecule has 0 aliphatic carbocycles. The van der Waals surface area contributed by atoms with Crippen LogP contribution in [-0.2, 0) is 4.79 Å². The number of amides is 1. The molecule has 0 N–H and O–H groups in total. The van der Waals surface area contributed by atoms with Crippen molar-refractivity contribution in [3.8, 4) is 0 Å².